The first-order valence-electron chi connectivity index (χ1n) is 3.70. The van der Waals surface area contributed by atoms with Crippen LogP contribution in [0.1, 0.15) is 5.01 Å². The normalized spacial score (nSPS) is 22.6. The molecule has 12 heavy (non-hydrogen) atoms. The maximum atomic E-state index is 11.1. The number of amides is 1. The van der Waals surface area contributed by atoms with Crippen molar-refractivity contribution in [2.75, 3.05) is 6.54 Å². The molecule has 2 rings (SSSR count). The molecule has 0 aliphatic carbocycles. The van der Waals surface area contributed by atoms with E-state index in [2.05, 4.69) is 4.98 Å². The van der Waals surface area contributed by atoms with Crippen molar-refractivity contribution >= 4 is 17.2 Å². The average molecular weight is 183 g/mol. The van der Waals surface area contributed by atoms with Crippen LogP contribution in [0.25, 0.3) is 0 Å². The average Bonchev–Trinajstić information content (AvgIpc) is 2.56. The van der Waals surface area contributed by atoms with E-state index in [1.165, 1.54) is 0 Å². The number of carbonyl (C=O) groups excluding carboxylic acids is 1. The number of hydrogen-bond acceptors (Lipinski definition) is 4. The van der Waals surface area contributed by atoms with Crippen molar-refractivity contribution in [2.24, 2.45) is 5.73 Å². The molecule has 1 atom stereocenters. The minimum absolute atomic E-state index is 0.0326. The minimum Gasteiger partial charge on any atom is -0.332 e. The van der Waals surface area contributed by atoms with Crippen LogP contribution in [0, 0.1) is 0 Å². The topological polar surface area (TPSA) is 59.2 Å². The number of β-lactam (4-membered cyclic amide) rings is 1. The second kappa shape index (κ2) is 2.84. The quantitative estimate of drug-likeness (QED) is 0.647. The van der Waals surface area contributed by atoms with E-state index in [1.54, 1.807) is 22.4 Å². The van der Waals surface area contributed by atoms with E-state index < -0.39 is 0 Å². The van der Waals surface area contributed by atoms with E-state index >= 15 is 0 Å². The van der Waals surface area contributed by atoms with Crippen molar-refractivity contribution < 1.29 is 4.79 Å². The summed E-state index contributed by atoms with van der Waals surface area (Å²) in [6.07, 6.45) is 1.74. The van der Waals surface area contributed by atoms with Crippen molar-refractivity contribution in [2.45, 2.75) is 12.6 Å². The Kier molecular flexibility index (Phi) is 1.82. The van der Waals surface area contributed by atoms with Gasteiger partial charge in [0, 0.05) is 18.1 Å². The highest BCUT2D eigenvalue weighted by Crippen LogP contribution is 2.14. The van der Waals surface area contributed by atoms with Gasteiger partial charge in [-0.2, -0.15) is 0 Å². The van der Waals surface area contributed by atoms with E-state index in [0.717, 1.165) is 5.01 Å². The van der Waals surface area contributed by atoms with Crippen molar-refractivity contribution in [1.82, 2.24) is 9.88 Å². The number of aromatic nitrogens is 1. The lowest BCUT2D eigenvalue weighted by atomic mass is 10.1. The van der Waals surface area contributed by atoms with Gasteiger partial charge in [0.1, 0.15) is 11.0 Å². The van der Waals surface area contributed by atoms with Crippen molar-refractivity contribution in [3.8, 4) is 0 Å². The Labute approximate surface area is 74.0 Å². The molecule has 0 radical (unpaired) electrons. The highest BCUT2D eigenvalue weighted by atomic mass is 32.1. The minimum atomic E-state index is -0.273. The molecule has 2 heterocycles. The molecular formula is C7H9N3OS. The molecule has 5 heteroatoms. The molecule has 1 aliphatic rings. The Morgan fingerprint density at radius 2 is 2.67 bits per heavy atom. The first-order valence-corrected chi connectivity index (χ1v) is 4.58. The van der Waals surface area contributed by atoms with Gasteiger partial charge >= 0.3 is 0 Å². The van der Waals surface area contributed by atoms with E-state index in [4.69, 9.17) is 5.73 Å². The van der Waals surface area contributed by atoms with Crippen LogP contribution in [0.5, 0.6) is 0 Å². The third kappa shape index (κ3) is 1.21. The molecule has 1 aromatic rings. The molecule has 2 N–H and O–H groups in total. The van der Waals surface area contributed by atoms with Gasteiger partial charge in [0.25, 0.3) is 0 Å². The van der Waals surface area contributed by atoms with Gasteiger partial charge in [-0.3, -0.25) is 4.79 Å². The van der Waals surface area contributed by atoms with Gasteiger partial charge < -0.3 is 10.6 Å². The van der Waals surface area contributed by atoms with E-state index in [9.17, 15) is 4.79 Å². The molecule has 64 valence electrons. The van der Waals surface area contributed by atoms with Gasteiger partial charge in [0.2, 0.25) is 5.91 Å². The van der Waals surface area contributed by atoms with E-state index in [0.29, 0.717) is 13.1 Å². The summed E-state index contributed by atoms with van der Waals surface area (Å²) in [6.45, 7) is 1.28. The first-order chi connectivity index (χ1) is 5.77. The third-order valence-electron chi connectivity index (χ3n) is 1.86. The molecule has 1 unspecified atom stereocenters. The molecule has 1 aliphatic heterocycles. The van der Waals surface area contributed by atoms with Crippen molar-refractivity contribution in [1.29, 1.82) is 0 Å². The van der Waals surface area contributed by atoms with Crippen LogP contribution in [0.4, 0.5) is 0 Å². The molecule has 1 amide bonds. The predicted octanol–water partition coefficient (Wildman–Crippen LogP) is -0.187. The van der Waals surface area contributed by atoms with E-state index in [1.807, 2.05) is 5.38 Å². The fraction of sp³-hybridized carbons (Fsp3) is 0.429. The Morgan fingerprint density at radius 3 is 3.17 bits per heavy atom. The summed E-state index contributed by atoms with van der Waals surface area (Å²) in [5.74, 6) is 0.0326. The fourth-order valence-corrected chi connectivity index (χ4v) is 1.80. The summed E-state index contributed by atoms with van der Waals surface area (Å²) in [5, 5.41) is 2.87. The Balaban J connectivity index is 1.94. The molecule has 1 saturated heterocycles. The predicted molar refractivity (Wildman–Crippen MR) is 45.5 cm³/mol. The number of rotatable bonds is 2. The zero-order chi connectivity index (χ0) is 8.55. The highest BCUT2D eigenvalue weighted by molar-refractivity contribution is 7.09. The number of hydrogen-bond donors (Lipinski definition) is 1. The van der Waals surface area contributed by atoms with Crippen LogP contribution in [0.15, 0.2) is 11.6 Å². The van der Waals surface area contributed by atoms with E-state index in [-0.39, 0.29) is 11.9 Å². The van der Waals surface area contributed by atoms with Crippen LogP contribution in [-0.4, -0.2) is 28.4 Å². The van der Waals surface area contributed by atoms with Crippen molar-refractivity contribution in [3.05, 3.63) is 16.6 Å². The van der Waals surface area contributed by atoms with Gasteiger partial charge in [-0.1, -0.05) is 0 Å². The van der Waals surface area contributed by atoms with Crippen molar-refractivity contribution in [3.63, 3.8) is 0 Å². The van der Waals surface area contributed by atoms with Gasteiger partial charge in [0.15, 0.2) is 0 Å². The number of nitrogens with two attached hydrogens (primary N) is 1. The number of thiazole rings is 1. The van der Waals surface area contributed by atoms with Crippen LogP contribution in [0.2, 0.25) is 0 Å². The lowest BCUT2D eigenvalue weighted by Gasteiger charge is -2.35. The Bertz CT molecular complexity index is 285. The molecule has 1 fully saturated rings. The zero-order valence-corrected chi connectivity index (χ0v) is 7.25. The zero-order valence-electron chi connectivity index (χ0n) is 6.43. The third-order valence-corrected chi connectivity index (χ3v) is 2.62. The molecule has 0 bridgehead atoms. The van der Waals surface area contributed by atoms with Crippen LogP contribution >= 0.6 is 11.3 Å². The van der Waals surface area contributed by atoms with Gasteiger partial charge in [-0.25, -0.2) is 4.98 Å². The molecule has 4 nitrogen and oxygen atoms in total. The summed E-state index contributed by atoms with van der Waals surface area (Å²) in [4.78, 5) is 16.9. The summed E-state index contributed by atoms with van der Waals surface area (Å²) < 4.78 is 0. The monoisotopic (exact) mass is 183 g/mol. The SMILES string of the molecule is NC1CN(Cc2nccs2)C1=O. The maximum absolute atomic E-state index is 11.1. The molecule has 0 spiro atoms. The number of carbonyl (C=O) groups is 1. The summed E-state index contributed by atoms with van der Waals surface area (Å²) in [7, 11) is 0. The lowest BCUT2D eigenvalue weighted by Crippen LogP contribution is -2.60. The number of nitrogens with zero attached hydrogens (tertiary/aromatic N) is 2. The van der Waals surface area contributed by atoms with Gasteiger partial charge in [0.05, 0.1) is 6.54 Å². The van der Waals surface area contributed by atoms with Crippen LogP contribution in [-0.2, 0) is 11.3 Å². The van der Waals surface area contributed by atoms with Gasteiger partial charge in [-0.05, 0) is 0 Å². The molecular weight excluding hydrogens is 174 g/mol. The molecule has 0 aromatic carbocycles. The van der Waals surface area contributed by atoms with Crippen LogP contribution in [0.3, 0.4) is 0 Å². The highest BCUT2D eigenvalue weighted by Gasteiger charge is 2.33. The molecule has 0 saturated carbocycles. The smallest absolute Gasteiger partial charge is 0.241 e. The Morgan fingerprint density at radius 1 is 1.83 bits per heavy atom. The second-order valence-electron chi connectivity index (χ2n) is 2.75. The summed E-state index contributed by atoms with van der Waals surface area (Å²) in [6, 6.07) is -0.273. The fourth-order valence-electron chi connectivity index (χ4n) is 1.16. The first kappa shape index (κ1) is 7.70. The number of likely N-dealkylation sites (tertiary alicyclic amines) is 1. The second-order valence-corrected chi connectivity index (χ2v) is 3.73. The lowest BCUT2D eigenvalue weighted by molar-refractivity contribution is -0.143. The maximum Gasteiger partial charge on any atom is 0.241 e. The Hall–Kier alpha value is -0.940. The summed E-state index contributed by atoms with van der Waals surface area (Å²) >= 11 is 1.56. The summed E-state index contributed by atoms with van der Waals surface area (Å²) in [5.41, 5.74) is 5.43. The van der Waals surface area contributed by atoms with Crippen LogP contribution < -0.4 is 5.73 Å². The largest absolute Gasteiger partial charge is 0.332 e. The van der Waals surface area contributed by atoms with Gasteiger partial charge in [-0.15, -0.1) is 11.3 Å². The molecule has 1 aromatic heterocycles. The standard InChI is InChI=1S/C7H9N3OS/c8-5-3-10(7(5)11)4-6-9-1-2-12-6/h1-2,5H,3-4,8H2.